The number of nitrogens with zero attached hydrogens (tertiary/aromatic N) is 1. The smallest absolute Gasteiger partial charge is 0.387 e. The number of benzene rings is 2. The standard InChI is InChI=1S/C20H17ClF2N2O3S/c1-27-17-8-12(6-7-16(17)28-20(22)23)10-24-18(26)9-13-11-29-19(25-13)14-4-2-3-5-15(14)21/h2-8,11,20H,9-10H2,1H3,(H,24,26). The van der Waals surface area contributed by atoms with E-state index in [1.165, 1.54) is 30.6 Å². The van der Waals surface area contributed by atoms with E-state index in [-0.39, 0.29) is 30.4 Å². The zero-order chi connectivity index (χ0) is 20.8. The summed E-state index contributed by atoms with van der Waals surface area (Å²) >= 11 is 7.60. The molecule has 0 spiro atoms. The van der Waals surface area contributed by atoms with E-state index in [9.17, 15) is 13.6 Å². The van der Waals surface area contributed by atoms with Crippen LogP contribution in [0.4, 0.5) is 8.78 Å². The highest BCUT2D eigenvalue weighted by molar-refractivity contribution is 7.13. The number of rotatable bonds is 8. The lowest BCUT2D eigenvalue weighted by molar-refractivity contribution is -0.120. The van der Waals surface area contributed by atoms with Crippen LogP contribution < -0.4 is 14.8 Å². The number of alkyl halides is 2. The highest BCUT2D eigenvalue weighted by atomic mass is 35.5. The topological polar surface area (TPSA) is 60.5 Å². The molecule has 0 radical (unpaired) electrons. The first-order valence-corrected chi connectivity index (χ1v) is 9.79. The van der Waals surface area contributed by atoms with Crippen molar-refractivity contribution in [2.75, 3.05) is 7.11 Å². The van der Waals surface area contributed by atoms with Crippen LogP contribution in [0.25, 0.3) is 10.6 Å². The number of thiazole rings is 1. The molecule has 3 aromatic rings. The van der Waals surface area contributed by atoms with Crippen LogP contribution in [0.1, 0.15) is 11.3 Å². The quantitative estimate of drug-likeness (QED) is 0.541. The Morgan fingerprint density at radius 3 is 2.76 bits per heavy atom. The van der Waals surface area contributed by atoms with E-state index in [4.69, 9.17) is 16.3 Å². The number of carbonyl (C=O) groups excluding carboxylic acids is 1. The molecule has 9 heteroatoms. The van der Waals surface area contributed by atoms with E-state index < -0.39 is 6.61 Å². The van der Waals surface area contributed by atoms with E-state index in [1.54, 1.807) is 12.1 Å². The second-order valence-electron chi connectivity index (χ2n) is 5.94. The van der Waals surface area contributed by atoms with Crippen LogP contribution in [-0.2, 0) is 17.8 Å². The Morgan fingerprint density at radius 2 is 2.03 bits per heavy atom. The molecule has 0 aliphatic heterocycles. The fraction of sp³-hybridized carbons (Fsp3) is 0.200. The fourth-order valence-electron chi connectivity index (χ4n) is 2.59. The molecule has 1 N–H and O–H groups in total. The Kier molecular flexibility index (Phi) is 7.00. The average molecular weight is 439 g/mol. The normalized spacial score (nSPS) is 10.8. The fourth-order valence-corrected chi connectivity index (χ4v) is 3.73. The van der Waals surface area contributed by atoms with Gasteiger partial charge in [0, 0.05) is 17.5 Å². The zero-order valence-corrected chi connectivity index (χ0v) is 16.9. The number of amides is 1. The number of nitrogens with one attached hydrogen (secondary N) is 1. The van der Waals surface area contributed by atoms with Gasteiger partial charge in [0.1, 0.15) is 5.01 Å². The minimum atomic E-state index is -2.94. The van der Waals surface area contributed by atoms with Crippen LogP contribution in [-0.4, -0.2) is 24.6 Å². The molecule has 0 aliphatic carbocycles. The molecule has 0 saturated heterocycles. The molecule has 1 amide bonds. The first-order chi connectivity index (χ1) is 14.0. The highest BCUT2D eigenvalue weighted by Crippen LogP contribution is 2.31. The molecule has 3 rings (SSSR count). The predicted octanol–water partition coefficient (Wildman–Crippen LogP) is 4.93. The Labute approximate surface area is 175 Å². The molecule has 0 unspecified atom stereocenters. The third-order valence-electron chi connectivity index (χ3n) is 3.93. The van der Waals surface area contributed by atoms with Crippen molar-refractivity contribution in [3.63, 3.8) is 0 Å². The summed E-state index contributed by atoms with van der Waals surface area (Å²) in [6.45, 7) is -2.73. The van der Waals surface area contributed by atoms with Crippen molar-refractivity contribution in [3.8, 4) is 22.1 Å². The second-order valence-corrected chi connectivity index (χ2v) is 7.21. The lowest BCUT2D eigenvalue weighted by atomic mass is 10.2. The molecule has 2 aromatic carbocycles. The molecular formula is C20H17ClF2N2O3S. The molecule has 0 aliphatic rings. The number of aromatic nitrogens is 1. The molecule has 29 heavy (non-hydrogen) atoms. The molecule has 0 saturated carbocycles. The summed E-state index contributed by atoms with van der Waals surface area (Å²) in [6.07, 6.45) is 0.116. The van der Waals surface area contributed by atoms with Crippen LogP contribution in [0.5, 0.6) is 11.5 Å². The van der Waals surface area contributed by atoms with Gasteiger partial charge in [0.25, 0.3) is 0 Å². The van der Waals surface area contributed by atoms with Gasteiger partial charge in [0.05, 0.1) is 24.2 Å². The maximum absolute atomic E-state index is 12.4. The molecule has 5 nitrogen and oxygen atoms in total. The van der Waals surface area contributed by atoms with Crippen LogP contribution in [0, 0.1) is 0 Å². The van der Waals surface area contributed by atoms with Crippen molar-refractivity contribution in [3.05, 3.63) is 64.1 Å². The summed E-state index contributed by atoms with van der Waals surface area (Å²) in [7, 11) is 1.36. The van der Waals surface area contributed by atoms with Crippen LogP contribution in [0.15, 0.2) is 47.8 Å². The Balaban J connectivity index is 1.59. The SMILES string of the molecule is COc1cc(CNC(=O)Cc2csc(-c3ccccc3Cl)n2)ccc1OC(F)F. The summed E-state index contributed by atoms with van der Waals surface area (Å²) in [5, 5.41) is 5.94. The van der Waals surface area contributed by atoms with Gasteiger partial charge >= 0.3 is 6.61 Å². The third kappa shape index (κ3) is 5.65. The van der Waals surface area contributed by atoms with Crippen LogP contribution in [0.2, 0.25) is 5.02 Å². The maximum Gasteiger partial charge on any atom is 0.387 e. The number of methoxy groups -OCH3 is 1. The van der Waals surface area contributed by atoms with Gasteiger partial charge in [-0.05, 0) is 23.8 Å². The first-order valence-electron chi connectivity index (χ1n) is 8.54. The molecule has 152 valence electrons. The first kappa shape index (κ1) is 21.0. The molecular weight excluding hydrogens is 422 g/mol. The van der Waals surface area contributed by atoms with E-state index in [1.807, 2.05) is 23.6 Å². The van der Waals surface area contributed by atoms with E-state index in [0.29, 0.717) is 16.3 Å². The van der Waals surface area contributed by atoms with Crippen molar-refractivity contribution in [1.29, 1.82) is 0 Å². The number of halogens is 3. The number of carbonyl (C=O) groups is 1. The lowest BCUT2D eigenvalue weighted by Crippen LogP contribution is -2.24. The van der Waals surface area contributed by atoms with Crippen molar-refractivity contribution in [1.82, 2.24) is 10.3 Å². The Hall–Kier alpha value is -2.71. The monoisotopic (exact) mass is 438 g/mol. The van der Waals surface area contributed by atoms with Gasteiger partial charge in [-0.2, -0.15) is 8.78 Å². The maximum atomic E-state index is 12.4. The van der Waals surface area contributed by atoms with E-state index >= 15 is 0 Å². The molecule has 1 heterocycles. The zero-order valence-electron chi connectivity index (χ0n) is 15.3. The summed E-state index contributed by atoms with van der Waals surface area (Å²) in [4.78, 5) is 16.7. The van der Waals surface area contributed by atoms with Gasteiger partial charge in [-0.3, -0.25) is 4.79 Å². The summed E-state index contributed by atoms with van der Waals surface area (Å²) in [6, 6.07) is 11.9. The van der Waals surface area contributed by atoms with Crippen molar-refractivity contribution < 1.29 is 23.0 Å². The Bertz CT molecular complexity index is 997. The largest absolute Gasteiger partial charge is 0.493 e. The number of hydrogen-bond acceptors (Lipinski definition) is 5. The van der Waals surface area contributed by atoms with Crippen LogP contribution in [0.3, 0.4) is 0 Å². The second kappa shape index (κ2) is 9.67. The van der Waals surface area contributed by atoms with Gasteiger partial charge in [-0.1, -0.05) is 35.9 Å². The summed E-state index contributed by atoms with van der Waals surface area (Å²) in [5.41, 5.74) is 2.15. The van der Waals surface area contributed by atoms with Crippen molar-refractivity contribution in [2.24, 2.45) is 0 Å². The molecule has 0 atom stereocenters. The minimum Gasteiger partial charge on any atom is -0.493 e. The van der Waals surface area contributed by atoms with Crippen LogP contribution >= 0.6 is 22.9 Å². The summed E-state index contributed by atoms with van der Waals surface area (Å²) < 4.78 is 34.2. The third-order valence-corrected chi connectivity index (χ3v) is 5.19. The molecule has 1 aromatic heterocycles. The van der Waals surface area contributed by atoms with Gasteiger partial charge < -0.3 is 14.8 Å². The predicted molar refractivity (Wildman–Crippen MR) is 108 cm³/mol. The highest BCUT2D eigenvalue weighted by Gasteiger charge is 2.13. The summed E-state index contributed by atoms with van der Waals surface area (Å²) in [5.74, 6) is -0.110. The molecule has 0 bridgehead atoms. The van der Waals surface area contributed by atoms with Crippen molar-refractivity contribution in [2.45, 2.75) is 19.6 Å². The Morgan fingerprint density at radius 1 is 1.24 bits per heavy atom. The van der Waals surface area contributed by atoms with E-state index in [2.05, 4.69) is 15.0 Å². The number of hydrogen-bond donors (Lipinski definition) is 1. The minimum absolute atomic E-state index is 0.0628. The van der Waals surface area contributed by atoms with Crippen molar-refractivity contribution >= 4 is 28.8 Å². The van der Waals surface area contributed by atoms with Gasteiger partial charge in [0.15, 0.2) is 11.5 Å². The van der Waals surface area contributed by atoms with Gasteiger partial charge in [0.2, 0.25) is 5.91 Å². The molecule has 0 fully saturated rings. The van der Waals surface area contributed by atoms with E-state index in [0.717, 1.165) is 10.6 Å². The van der Waals surface area contributed by atoms with Gasteiger partial charge in [-0.25, -0.2) is 4.98 Å². The average Bonchev–Trinajstić information content (AvgIpc) is 3.15. The lowest BCUT2D eigenvalue weighted by Gasteiger charge is -2.11. The number of ether oxygens (including phenoxy) is 2. The van der Waals surface area contributed by atoms with Gasteiger partial charge in [-0.15, -0.1) is 11.3 Å².